The number of nitrogens with one attached hydrogen (secondary N) is 1. The third-order valence-corrected chi connectivity index (χ3v) is 4.47. The van der Waals surface area contributed by atoms with Gasteiger partial charge in [0.25, 0.3) is 0 Å². The highest BCUT2D eigenvalue weighted by atomic mass is 16.5. The topological polar surface area (TPSA) is 30.5 Å². The minimum Gasteiger partial charge on any atom is -0.497 e. The van der Waals surface area contributed by atoms with Gasteiger partial charge in [0.15, 0.2) is 0 Å². The number of methoxy groups -OCH3 is 2. The second-order valence-electron chi connectivity index (χ2n) is 5.75. The van der Waals surface area contributed by atoms with Crippen LogP contribution in [0.4, 0.5) is 0 Å². The van der Waals surface area contributed by atoms with Gasteiger partial charge >= 0.3 is 0 Å². The Morgan fingerprint density at radius 2 is 1.90 bits per heavy atom. The molecule has 1 atom stereocenters. The SMILES string of the molecule is COc1ccc(CN[C@H](C)C2CCCCC2)c(OC)c1. The molecule has 0 unspecified atom stereocenters. The predicted molar refractivity (Wildman–Crippen MR) is 82.4 cm³/mol. The number of ether oxygens (including phenoxy) is 2. The first-order valence-corrected chi connectivity index (χ1v) is 7.69. The van der Waals surface area contributed by atoms with E-state index < -0.39 is 0 Å². The first-order valence-electron chi connectivity index (χ1n) is 7.69. The molecule has 0 bridgehead atoms. The summed E-state index contributed by atoms with van der Waals surface area (Å²) in [5, 5.41) is 3.66. The summed E-state index contributed by atoms with van der Waals surface area (Å²) >= 11 is 0. The molecule has 20 heavy (non-hydrogen) atoms. The molecule has 1 N–H and O–H groups in total. The molecule has 3 nitrogen and oxygen atoms in total. The first-order chi connectivity index (χ1) is 9.74. The summed E-state index contributed by atoms with van der Waals surface area (Å²) in [6, 6.07) is 6.59. The Balaban J connectivity index is 1.92. The van der Waals surface area contributed by atoms with Gasteiger partial charge in [-0.25, -0.2) is 0 Å². The summed E-state index contributed by atoms with van der Waals surface area (Å²) in [4.78, 5) is 0. The van der Waals surface area contributed by atoms with E-state index in [9.17, 15) is 0 Å². The van der Waals surface area contributed by atoms with Gasteiger partial charge in [0, 0.05) is 24.2 Å². The van der Waals surface area contributed by atoms with Crippen molar-refractivity contribution in [1.29, 1.82) is 0 Å². The van der Waals surface area contributed by atoms with Crippen LogP contribution in [0, 0.1) is 5.92 Å². The third kappa shape index (κ3) is 3.89. The molecular formula is C17H27NO2. The average Bonchev–Trinajstić information content (AvgIpc) is 2.53. The van der Waals surface area contributed by atoms with Crippen LogP contribution >= 0.6 is 0 Å². The third-order valence-electron chi connectivity index (χ3n) is 4.47. The molecule has 1 aliphatic rings. The standard InChI is InChI=1S/C17H27NO2/c1-13(14-7-5-4-6-8-14)18-12-15-9-10-16(19-2)11-17(15)20-3/h9-11,13-14,18H,4-8,12H2,1-3H3/t13-/m1/s1. The Morgan fingerprint density at radius 1 is 1.15 bits per heavy atom. The molecule has 1 aromatic carbocycles. The van der Waals surface area contributed by atoms with Crippen molar-refractivity contribution in [2.75, 3.05) is 14.2 Å². The van der Waals surface area contributed by atoms with E-state index in [4.69, 9.17) is 9.47 Å². The zero-order valence-corrected chi connectivity index (χ0v) is 12.9. The van der Waals surface area contributed by atoms with Crippen molar-refractivity contribution in [3.8, 4) is 11.5 Å². The van der Waals surface area contributed by atoms with Crippen LogP contribution in [0.1, 0.15) is 44.6 Å². The van der Waals surface area contributed by atoms with Crippen LogP contribution in [0.3, 0.4) is 0 Å². The number of rotatable bonds is 6. The summed E-state index contributed by atoms with van der Waals surface area (Å²) in [6.45, 7) is 3.16. The van der Waals surface area contributed by atoms with E-state index >= 15 is 0 Å². The van der Waals surface area contributed by atoms with E-state index in [1.807, 2.05) is 12.1 Å². The zero-order chi connectivity index (χ0) is 14.4. The Morgan fingerprint density at radius 3 is 2.55 bits per heavy atom. The van der Waals surface area contributed by atoms with Crippen LogP contribution in [-0.4, -0.2) is 20.3 Å². The van der Waals surface area contributed by atoms with Gasteiger partial charge < -0.3 is 14.8 Å². The molecule has 3 heteroatoms. The first kappa shape index (κ1) is 15.2. The van der Waals surface area contributed by atoms with Gasteiger partial charge in [-0.1, -0.05) is 25.3 Å². The average molecular weight is 277 g/mol. The van der Waals surface area contributed by atoms with Crippen LogP contribution < -0.4 is 14.8 Å². The van der Waals surface area contributed by atoms with Gasteiger partial charge in [-0.15, -0.1) is 0 Å². The summed E-state index contributed by atoms with van der Waals surface area (Å²) < 4.78 is 10.7. The monoisotopic (exact) mass is 277 g/mol. The lowest BCUT2D eigenvalue weighted by Gasteiger charge is -2.28. The maximum absolute atomic E-state index is 5.45. The normalized spacial score (nSPS) is 17.8. The Bertz CT molecular complexity index is 413. The molecule has 112 valence electrons. The highest BCUT2D eigenvalue weighted by molar-refractivity contribution is 5.40. The maximum Gasteiger partial charge on any atom is 0.127 e. The minimum absolute atomic E-state index is 0.571. The Hall–Kier alpha value is -1.22. The van der Waals surface area contributed by atoms with Gasteiger partial charge in [0.05, 0.1) is 14.2 Å². The van der Waals surface area contributed by atoms with Gasteiger partial charge in [-0.2, -0.15) is 0 Å². The molecule has 0 amide bonds. The summed E-state index contributed by atoms with van der Waals surface area (Å²) in [6.07, 6.45) is 6.93. The Labute approximate surface area is 122 Å². The Kier molecular flexibility index (Phi) is 5.72. The maximum atomic E-state index is 5.45. The van der Waals surface area contributed by atoms with Crippen molar-refractivity contribution in [1.82, 2.24) is 5.32 Å². The quantitative estimate of drug-likeness (QED) is 0.858. The summed E-state index contributed by atoms with van der Waals surface area (Å²) in [7, 11) is 3.39. The molecule has 2 rings (SSSR count). The molecule has 0 spiro atoms. The van der Waals surface area contributed by atoms with E-state index in [-0.39, 0.29) is 0 Å². The smallest absolute Gasteiger partial charge is 0.127 e. The van der Waals surface area contributed by atoms with Crippen LogP contribution in [0.15, 0.2) is 18.2 Å². The van der Waals surface area contributed by atoms with Crippen LogP contribution in [-0.2, 0) is 6.54 Å². The van der Waals surface area contributed by atoms with Gasteiger partial charge in [-0.05, 0) is 31.7 Å². The second-order valence-corrected chi connectivity index (χ2v) is 5.75. The molecule has 1 aromatic rings. The molecule has 1 aliphatic carbocycles. The van der Waals surface area contributed by atoms with Gasteiger partial charge in [-0.3, -0.25) is 0 Å². The number of benzene rings is 1. The predicted octanol–water partition coefficient (Wildman–Crippen LogP) is 3.76. The van der Waals surface area contributed by atoms with E-state index in [1.54, 1.807) is 14.2 Å². The molecule has 1 saturated carbocycles. The number of hydrogen-bond donors (Lipinski definition) is 1. The second kappa shape index (κ2) is 7.53. The molecule has 0 aliphatic heterocycles. The van der Waals surface area contributed by atoms with E-state index in [0.717, 1.165) is 24.0 Å². The molecule has 0 heterocycles. The highest BCUT2D eigenvalue weighted by Crippen LogP contribution is 2.28. The lowest BCUT2D eigenvalue weighted by atomic mass is 9.84. The van der Waals surface area contributed by atoms with Crippen LogP contribution in [0.25, 0.3) is 0 Å². The van der Waals surface area contributed by atoms with Gasteiger partial charge in [0.1, 0.15) is 11.5 Å². The molecule has 1 fully saturated rings. The van der Waals surface area contributed by atoms with Crippen LogP contribution in [0.5, 0.6) is 11.5 Å². The van der Waals surface area contributed by atoms with Crippen molar-refractivity contribution >= 4 is 0 Å². The molecule has 0 radical (unpaired) electrons. The largest absolute Gasteiger partial charge is 0.497 e. The van der Waals surface area contributed by atoms with E-state index in [0.29, 0.717) is 6.04 Å². The van der Waals surface area contributed by atoms with Crippen molar-refractivity contribution in [3.63, 3.8) is 0 Å². The zero-order valence-electron chi connectivity index (χ0n) is 12.9. The fourth-order valence-electron chi connectivity index (χ4n) is 3.07. The molecule has 0 aromatic heterocycles. The van der Waals surface area contributed by atoms with E-state index in [1.165, 1.54) is 37.7 Å². The molecule has 0 saturated heterocycles. The lowest BCUT2D eigenvalue weighted by Crippen LogP contribution is -2.34. The minimum atomic E-state index is 0.571. The summed E-state index contributed by atoms with van der Waals surface area (Å²) in [5.74, 6) is 2.56. The van der Waals surface area contributed by atoms with Crippen molar-refractivity contribution in [3.05, 3.63) is 23.8 Å². The molecular weight excluding hydrogens is 250 g/mol. The van der Waals surface area contributed by atoms with Gasteiger partial charge in [0.2, 0.25) is 0 Å². The van der Waals surface area contributed by atoms with Crippen molar-refractivity contribution < 1.29 is 9.47 Å². The van der Waals surface area contributed by atoms with E-state index in [2.05, 4.69) is 18.3 Å². The fraction of sp³-hybridized carbons (Fsp3) is 0.647. The van der Waals surface area contributed by atoms with Crippen molar-refractivity contribution in [2.45, 2.75) is 51.6 Å². The fourth-order valence-corrected chi connectivity index (χ4v) is 3.07. The summed E-state index contributed by atoms with van der Waals surface area (Å²) in [5.41, 5.74) is 1.19. The lowest BCUT2D eigenvalue weighted by molar-refractivity contribution is 0.279. The van der Waals surface area contributed by atoms with Crippen molar-refractivity contribution in [2.24, 2.45) is 5.92 Å². The highest BCUT2D eigenvalue weighted by Gasteiger charge is 2.19. The number of hydrogen-bond acceptors (Lipinski definition) is 3. The van der Waals surface area contributed by atoms with Crippen LogP contribution in [0.2, 0.25) is 0 Å².